The van der Waals surface area contributed by atoms with Crippen molar-refractivity contribution in [3.05, 3.63) is 38.7 Å². The van der Waals surface area contributed by atoms with Gasteiger partial charge in [-0.05, 0) is 25.3 Å². The van der Waals surface area contributed by atoms with Crippen LogP contribution >= 0.6 is 0 Å². The Bertz CT molecular complexity index is 929. The van der Waals surface area contributed by atoms with E-state index >= 15 is 0 Å². The Labute approximate surface area is 152 Å². The van der Waals surface area contributed by atoms with Crippen molar-refractivity contribution in [2.24, 2.45) is 14.1 Å². The van der Waals surface area contributed by atoms with Crippen LogP contribution in [0.4, 0.5) is 0 Å². The number of amides is 1. The second-order valence-corrected chi connectivity index (χ2v) is 8.31. The summed E-state index contributed by atoms with van der Waals surface area (Å²) in [5, 5.41) is 0. The van der Waals surface area contributed by atoms with Gasteiger partial charge in [-0.2, -0.15) is 0 Å². The molecule has 0 radical (unpaired) electrons. The minimum atomic E-state index is -3.33. The summed E-state index contributed by atoms with van der Waals surface area (Å²) in [6.45, 7) is 0.699. The lowest BCUT2D eigenvalue weighted by Crippen LogP contribution is -2.48. The number of likely N-dealkylation sites (tertiary alicyclic amines) is 1. The third-order valence-corrected chi connectivity index (χ3v) is 5.06. The third-order valence-electron chi connectivity index (χ3n) is 4.37. The lowest BCUT2D eigenvalue weighted by Gasteiger charge is -2.35. The minimum Gasteiger partial charge on any atom is -0.335 e. The number of carbonyl (C=O) groups excluding carboxylic acids is 1. The van der Waals surface area contributed by atoms with Crippen LogP contribution in [0, 0.1) is 0 Å². The average molecular weight is 384 g/mol. The number of aryl methyl sites for hydroxylation is 1. The number of aromatic nitrogens is 2. The number of nitrogens with zero attached hydrogens (tertiary/aromatic N) is 3. The number of hydrogen-bond acceptors (Lipinski definition) is 5. The lowest BCUT2D eigenvalue weighted by molar-refractivity contribution is -0.129. The molecule has 1 aliphatic heterocycles. The highest BCUT2D eigenvalue weighted by Crippen LogP contribution is 2.17. The molecular weight excluding hydrogens is 360 g/mol. The van der Waals surface area contributed by atoms with Gasteiger partial charge in [-0.15, -0.1) is 0 Å². The van der Waals surface area contributed by atoms with Gasteiger partial charge in [0.15, 0.2) is 0 Å². The average Bonchev–Trinajstić information content (AvgIpc) is 2.59. The molecule has 2 rings (SSSR count). The maximum atomic E-state index is 12.5. The molecule has 0 aliphatic carbocycles. The van der Waals surface area contributed by atoms with E-state index in [1.165, 1.54) is 37.0 Å². The fraction of sp³-hybridized carbons (Fsp3) is 0.562. The van der Waals surface area contributed by atoms with E-state index in [1.807, 2.05) is 0 Å². The topological polar surface area (TPSA) is 110 Å². The molecule has 0 aromatic carbocycles. The second-order valence-electron chi connectivity index (χ2n) is 6.48. The first-order chi connectivity index (χ1) is 12.1. The van der Waals surface area contributed by atoms with Gasteiger partial charge in [0.25, 0.3) is 5.56 Å². The van der Waals surface area contributed by atoms with Gasteiger partial charge in [-0.1, -0.05) is 0 Å². The zero-order chi connectivity index (χ0) is 19.5. The third kappa shape index (κ3) is 4.92. The van der Waals surface area contributed by atoms with E-state index < -0.39 is 21.3 Å². The second kappa shape index (κ2) is 8.00. The summed E-state index contributed by atoms with van der Waals surface area (Å²) in [5.41, 5.74) is -0.696. The molecule has 26 heavy (non-hydrogen) atoms. The highest BCUT2D eigenvalue weighted by molar-refractivity contribution is 7.88. The highest BCUT2D eigenvalue weighted by atomic mass is 32.2. The van der Waals surface area contributed by atoms with Crippen molar-refractivity contribution in [3.63, 3.8) is 0 Å². The number of sulfonamides is 1. The Morgan fingerprint density at radius 3 is 2.65 bits per heavy atom. The smallest absolute Gasteiger partial charge is 0.330 e. The predicted molar refractivity (Wildman–Crippen MR) is 98.2 cm³/mol. The fourth-order valence-electron chi connectivity index (χ4n) is 2.96. The van der Waals surface area contributed by atoms with Crippen LogP contribution in [0.25, 0.3) is 6.08 Å². The molecule has 1 fully saturated rings. The van der Waals surface area contributed by atoms with E-state index in [0.717, 1.165) is 23.7 Å². The summed E-state index contributed by atoms with van der Waals surface area (Å²) in [6.07, 6.45) is 7.62. The molecule has 1 saturated heterocycles. The number of hydrogen-bond donors (Lipinski definition) is 1. The maximum Gasteiger partial charge on any atom is 0.330 e. The highest BCUT2D eigenvalue weighted by Gasteiger charge is 2.26. The van der Waals surface area contributed by atoms with E-state index in [-0.39, 0.29) is 24.1 Å². The number of piperidine rings is 1. The van der Waals surface area contributed by atoms with E-state index in [2.05, 4.69) is 4.72 Å². The van der Waals surface area contributed by atoms with Gasteiger partial charge in [-0.3, -0.25) is 14.2 Å². The first kappa shape index (κ1) is 20.1. The van der Waals surface area contributed by atoms with Gasteiger partial charge in [0, 0.05) is 45.5 Å². The molecule has 0 saturated carbocycles. The summed E-state index contributed by atoms with van der Waals surface area (Å²) >= 11 is 0. The molecule has 1 unspecified atom stereocenters. The van der Waals surface area contributed by atoms with Crippen molar-refractivity contribution in [1.29, 1.82) is 0 Å². The first-order valence-corrected chi connectivity index (χ1v) is 10.2. The predicted octanol–water partition coefficient (Wildman–Crippen LogP) is -0.972. The van der Waals surface area contributed by atoms with Crippen molar-refractivity contribution >= 4 is 22.0 Å². The van der Waals surface area contributed by atoms with E-state index in [4.69, 9.17) is 0 Å². The van der Waals surface area contributed by atoms with Crippen LogP contribution in [0.3, 0.4) is 0 Å². The van der Waals surface area contributed by atoms with Crippen LogP contribution in [-0.2, 0) is 28.9 Å². The summed E-state index contributed by atoms with van der Waals surface area (Å²) in [5.74, 6) is -0.291. The molecule has 1 amide bonds. The molecule has 0 spiro atoms. The first-order valence-electron chi connectivity index (χ1n) is 8.30. The van der Waals surface area contributed by atoms with Crippen molar-refractivity contribution in [2.75, 3.05) is 19.3 Å². The Balaban J connectivity index is 2.18. The van der Waals surface area contributed by atoms with Crippen LogP contribution in [0.1, 0.15) is 24.8 Å². The molecule has 0 bridgehead atoms. The standard InChI is InChI=1S/C16H24N4O5S/c1-18-11-12(15(22)19(2)16(18)23)7-8-14(21)20-9-5-4-6-13(20)10-17-26(3,24)25/h7-8,11,13,17H,4-6,9-10H2,1-3H3/b8-7+. The van der Waals surface area contributed by atoms with Gasteiger partial charge < -0.3 is 9.47 Å². The molecule has 1 aromatic rings. The van der Waals surface area contributed by atoms with Crippen LogP contribution in [0.2, 0.25) is 0 Å². The van der Waals surface area contributed by atoms with Crippen molar-refractivity contribution < 1.29 is 13.2 Å². The van der Waals surface area contributed by atoms with Crippen LogP contribution in [0.15, 0.2) is 21.9 Å². The van der Waals surface area contributed by atoms with Crippen LogP contribution < -0.4 is 16.0 Å². The number of nitrogens with one attached hydrogen (secondary N) is 1. The van der Waals surface area contributed by atoms with E-state index in [0.29, 0.717) is 13.0 Å². The molecule has 1 N–H and O–H groups in total. The van der Waals surface area contributed by atoms with Crippen molar-refractivity contribution in [2.45, 2.75) is 25.3 Å². The summed E-state index contributed by atoms with van der Waals surface area (Å²) in [7, 11) is -0.427. The Morgan fingerprint density at radius 1 is 1.31 bits per heavy atom. The number of rotatable bonds is 5. The van der Waals surface area contributed by atoms with Gasteiger partial charge >= 0.3 is 5.69 Å². The normalized spacial score (nSPS) is 18.4. The minimum absolute atomic E-state index is 0.167. The van der Waals surface area contributed by atoms with E-state index in [9.17, 15) is 22.8 Å². The zero-order valence-corrected chi connectivity index (χ0v) is 16.0. The lowest BCUT2D eigenvalue weighted by atomic mass is 10.0. The SMILES string of the molecule is Cn1cc(/C=C/C(=O)N2CCCCC2CNS(C)(=O)=O)c(=O)n(C)c1=O. The Hall–Kier alpha value is -2.20. The van der Waals surface area contributed by atoms with Gasteiger partial charge in [0.2, 0.25) is 15.9 Å². The largest absolute Gasteiger partial charge is 0.335 e. The molecule has 2 heterocycles. The quantitative estimate of drug-likeness (QED) is 0.657. The fourth-order valence-corrected chi connectivity index (χ4v) is 3.45. The Morgan fingerprint density at radius 2 is 2.00 bits per heavy atom. The maximum absolute atomic E-state index is 12.5. The van der Waals surface area contributed by atoms with Crippen molar-refractivity contribution in [3.8, 4) is 0 Å². The molecule has 1 aromatic heterocycles. The summed E-state index contributed by atoms with van der Waals surface area (Å²) in [6, 6.07) is -0.224. The van der Waals surface area contributed by atoms with Crippen LogP contribution in [-0.4, -0.2) is 53.7 Å². The van der Waals surface area contributed by atoms with Crippen molar-refractivity contribution in [1.82, 2.24) is 18.8 Å². The molecule has 10 heteroatoms. The molecular formula is C16H24N4O5S. The van der Waals surface area contributed by atoms with E-state index in [1.54, 1.807) is 4.90 Å². The monoisotopic (exact) mass is 384 g/mol. The molecule has 9 nitrogen and oxygen atoms in total. The summed E-state index contributed by atoms with van der Waals surface area (Å²) in [4.78, 5) is 38.0. The van der Waals surface area contributed by atoms with Gasteiger partial charge in [0.1, 0.15) is 0 Å². The molecule has 1 atom stereocenters. The zero-order valence-electron chi connectivity index (χ0n) is 15.1. The Kier molecular flexibility index (Phi) is 6.19. The van der Waals surface area contributed by atoms with Gasteiger partial charge in [-0.25, -0.2) is 17.9 Å². The van der Waals surface area contributed by atoms with Crippen LogP contribution in [0.5, 0.6) is 0 Å². The molecule has 1 aliphatic rings. The van der Waals surface area contributed by atoms with Gasteiger partial charge in [0.05, 0.1) is 11.8 Å². The molecule has 144 valence electrons. The number of carbonyl (C=O) groups is 1. The summed E-state index contributed by atoms with van der Waals surface area (Å²) < 4.78 is 27.3.